The minimum absolute atomic E-state index is 0.0547. The molecule has 1 aromatic carbocycles. The van der Waals surface area contributed by atoms with Crippen molar-refractivity contribution in [2.24, 2.45) is 0 Å². The molecule has 2 rings (SSSR count). The number of carbonyl (C=O) groups excluding carboxylic acids is 2. The van der Waals surface area contributed by atoms with Gasteiger partial charge >= 0.3 is 0 Å². The van der Waals surface area contributed by atoms with Gasteiger partial charge in [0.25, 0.3) is 0 Å². The van der Waals surface area contributed by atoms with Crippen LogP contribution < -0.4 is 10.2 Å². The zero-order valence-electron chi connectivity index (χ0n) is 10.6. The molecule has 96 valence electrons. The van der Waals surface area contributed by atoms with E-state index in [0.717, 1.165) is 24.1 Å². The van der Waals surface area contributed by atoms with E-state index in [2.05, 4.69) is 10.2 Å². The van der Waals surface area contributed by atoms with E-state index in [1.54, 1.807) is 0 Å². The van der Waals surface area contributed by atoms with Crippen LogP contribution in [0.15, 0.2) is 24.3 Å². The molecule has 1 N–H and O–H groups in total. The minimum atomic E-state index is 0.0547. The molecule has 4 heteroatoms. The zero-order chi connectivity index (χ0) is 13.0. The van der Waals surface area contributed by atoms with Crippen LogP contribution in [0.5, 0.6) is 0 Å². The number of nitrogens with zero attached hydrogens (tertiary/aromatic N) is 1. The lowest BCUT2D eigenvalue weighted by Gasteiger charge is -2.31. The van der Waals surface area contributed by atoms with Gasteiger partial charge in [-0.05, 0) is 17.5 Å². The van der Waals surface area contributed by atoms with E-state index in [4.69, 9.17) is 0 Å². The summed E-state index contributed by atoms with van der Waals surface area (Å²) in [6.45, 7) is 3.92. The van der Waals surface area contributed by atoms with E-state index >= 15 is 0 Å². The van der Waals surface area contributed by atoms with Crippen LogP contribution in [0, 0.1) is 0 Å². The van der Waals surface area contributed by atoms with Crippen LogP contribution in [0.25, 0.3) is 0 Å². The number of carbonyl (C=O) groups is 2. The number of hydrogen-bond acceptors (Lipinski definition) is 3. The molecule has 0 aliphatic carbocycles. The highest BCUT2D eigenvalue weighted by Gasteiger charge is 2.20. The molecule has 1 aromatic rings. The first-order chi connectivity index (χ1) is 8.72. The van der Waals surface area contributed by atoms with Crippen molar-refractivity contribution < 1.29 is 9.59 Å². The van der Waals surface area contributed by atoms with Gasteiger partial charge in [-0.1, -0.05) is 25.1 Å². The van der Waals surface area contributed by atoms with Crippen molar-refractivity contribution >= 4 is 17.9 Å². The molecule has 1 atom stereocenters. The minimum Gasteiger partial charge on any atom is -0.360 e. The van der Waals surface area contributed by atoms with Crippen molar-refractivity contribution in [3.63, 3.8) is 0 Å². The fraction of sp³-hybridized carbons (Fsp3) is 0.429. The molecule has 1 aliphatic heterocycles. The van der Waals surface area contributed by atoms with Crippen molar-refractivity contribution in [2.45, 2.75) is 19.3 Å². The number of benzene rings is 1. The van der Waals surface area contributed by atoms with Gasteiger partial charge in [-0.15, -0.1) is 0 Å². The second-order valence-corrected chi connectivity index (χ2v) is 4.63. The lowest BCUT2D eigenvalue weighted by Crippen LogP contribution is -2.48. The number of piperazine rings is 1. The van der Waals surface area contributed by atoms with Crippen molar-refractivity contribution in [2.75, 3.05) is 24.5 Å². The highest BCUT2D eigenvalue weighted by molar-refractivity contribution is 5.83. The third-order valence-corrected chi connectivity index (χ3v) is 3.30. The molecule has 0 saturated carbocycles. The number of hydrogen-bond donors (Lipinski definition) is 1. The number of anilines is 1. The van der Waals surface area contributed by atoms with Crippen LogP contribution in [0.4, 0.5) is 5.69 Å². The van der Waals surface area contributed by atoms with Crippen molar-refractivity contribution in [3.05, 3.63) is 29.8 Å². The van der Waals surface area contributed by atoms with E-state index < -0.39 is 0 Å². The first kappa shape index (κ1) is 12.6. The first-order valence-corrected chi connectivity index (χ1v) is 6.26. The molecule has 0 aromatic heterocycles. The van der Waals surface area contributed by atoms with E-state index in [0.29, 0.717) is 19.5 Å². The molecule has 0 radical (unpaired) electrons. The lowest BCUT2D eigenvalue weighted by atomic mass is 9.96. The molecule has 1 saturated heterocycles. The predicted octanol–water partition coefficient (Wildman–Crippen LogP) is 1.32. The van der Waals surface area contributed by atoms with E-state index in [1.807, 2.05) is 31.2 Å². The van der Waals surface area contributed by atoms with Gasteiger partial charge in [0.2, 0.25) is 5.91 Å². The Morgan fingerprint density at radius 1 is 1.44 bits per heavy atom. The second kappa shape index (κ2) is 5.67. The van der Waals surface area contributed by atoms with Crippen LogP contribution in [-0.2, 0) is 9.59 Å². The molecular weight excluding hydrogens is 228 g/mol. The van der Waals surface area contributed by atoms with Gasteiger partial charge in [0.1, 0.15) is 6.29 Å². The first-order valence-electron chi connectivity index (χ1n) is 6.26. The summed E-state index contributed by atoms with van der Waals surface area (Å²) >= 11 is 0. The summed E-state index contributed by atoms with van der Waals surface area (Å²) in [6, 6.07) is 8.01. The number of nitrogens with one attached hydrogen (secondary N) is 1. The largest absolute Gasteiger partial charge is 0.360 e. The average molecular weight is 246 g/mol. The summed E-state index contributed by atoms with van der Waals surface area (Å²) in [5, 5.41) is 2.82. The van der Waals surface area contributed by atoms with Crippen molar-refractivity contribution in [1.29, 1.82) is 0 Å². The lowest BCUT2D eigenvalue weighted by molar-refractivity contribution is -0.120. The Morgan fingerprint density at radius 2 is 2.22 bits per heavy atom. The Balaban J connectivity index is 2.26. The Kier molecular flexibility index (Phi) is 3.97. The van der Waals surface area contributed by atoms with Gasteiger partial charge in [-0.3, -0.25) is 4.79 Å². The summed E-state index contributed by atoms with van der Waals surface area (Å²) in [6.07, 6.45) is 1.46. The number of para-hydroxylation sites is 1. The van der Waals surface area contributed by atoms with Gasteiger partial charge in [0.05, 0.1) is 6.54 Å². The van der Waals surface area contributed by atoms with Crippen LogP contribution in [0.3, 0.4) is 0 Å². The van der Waals surface area contributed by atoms with Crippen LogP contribution in [0.2, 0.25) is 0 Å². The highest BCUT2D eigenvalue weighted by Crippen LogP contribution is 2.29. The fourth-order valence-electron chi connectivity index (χ4n) is 2.31. The summed E-state index contributed by atoms with van der Waals surface area (Å²) in [7, 11) is 0. The van der Waals surface area contributed by atoms with Gasteiger partial charge in [0.15, 0.2) is 0 Å². The Hall–Kier alpha value is -1.84. The van der Waals surface area contributed by atoms with Gasteiger partial charge in [-0.25, -0.2) is 0 Å². The van der Waals surface area contributed by atoms with Gasteiger partial charge in [0, 0.05) is 25.2 Å². The van der Waals surface area contributed by atoms with E-state index in [9.17, 15) is 9.59 Å². The molecule has 0 spiro atoms. The Morgan fingerprint density at radius 3 is 2.94 bits per heavy atom. The van der Waals surface area contributed by atoms with Crippen LogP contribution in [0.1, 0.15) is 24.8 Å². The summed E-state index contributed by atoms with van der Waals surface area (Å²) < 4.78 is 0. The maximum absolute atomic E-state index is 11.4. The Labute approximate surface area is 107 Å². The molecule has 1 fully saturated rings. The summed E-state index contributed by atoms with van der Waals surface area (Å²) in [5.74, 6) is 0.239. The molecule has 18 heavy (non-hydrogen) atoms. The van der Waals surface area contributed by atoms with E-state index in [-0.39, 0.29) is 11.8 Å². The smallest absolute Gasteiger partial charge is 0.239 e. The normalized spacial score (nSPS) is 17.2. The fourth-order valence-corrected chi connectivity index (χ4v) is 2.31. The molecular formula is C14H18N2O2. The van der Waals surface area contributed by atoms with Crippen LogP contribution >= 0.6 is 0 Å². The maximum atomic E-state index is 11.4. The Bertz CT molecular complexity index is 445. The summed E-state index contributed by atoms with van der Waals surface area (Å²) in [4.78, 5) is 24.2. The third kappa shape index (κ3) is 2.70. The third-order valence-electron chi connectivity index (χ3n) is 3.30. The van der Waals surface area contributed by atoms with Gasteiger partial charge < -0.3 is 15.0 Å². The molecule has 1 heterocycles. The second-order valence-electron chi connectivity index (χ2n) is 4.63. The molecule has 4 nitrogen and oxygen atoms in total. The van der Waals surface area contributed by atoms with Crippen molar-refractivity contribution in [1.82, 2.24) is 5.32 Å². The van der Waals surface area contributed by atoms with Crippen molar-refractivity contribution in [3.8, 4) is 0 Å². The topological polar surface area (TPSA) is 49.4 Å². The molecule has 1 unspecified atom stereocenters. The maximum Gasteiger partial charge on any atom is 0.239 e. The highest BCUT2D eigenvalue weighted by atomic mass is 16.2. The van der Waals surface area contributed by atoms with E-state index in [1.165, 1.54) is 0 Å². The van der Waals surface area contributed by atoms with Gasteiger partial charge in [-0.2, -0.15) is 0 Å². The number of aldehydes is 1. The average Bonchev–Trinajstić information content (AvgIpc) is 2.39. The van der Waals surface area contributed by atoms with Crippen LogP contribution in [-0.4, -0.2) is 31.8 Å². The molecule has 1 amide bonds. The standard InChI is InChI=1S/C14H18N2O2/c1-11(6-9-17)12-4-2-3-5-13(12)16-8-7-15-14(18)10-16/h2-5,9,11H,6-8,10H2,1H3,(H,15,18). The zero-order valence-corrected chi connectivity index (χ0v) is 10.6. The monoisotopic (exact) mass is 246 g/mol. The quantitative estimate of drug-likeness (QED) is 0.815. The predicted molar refractivity (Wildman–Crippen MR) is 70.8 cm³/mol. The summed E-state index contributed by atoms with van der Waals surface area (Å²) in [5.41, 5.74) is 2.21. The SMILES string of the molecule is CC(CC=O)c1ccccc1N1CCNC(=O)C1. The number of amides is 1. The molecule has 1 aliphatic rings. The number of rotatable bonds is 4. The molecule has 0 bridgehead atoms.